The van der Waals surface area contributed by atoms with Crippen LogP contribution in [0.3, 0.4) is 0 Å². The molecule has 0 aliphatic rings. The van der Waals surface area contributed by atoms with Crippen LogP contribution in [0.1, 0.15) is 21.5 Å². The lowest BCUT2D eigenvalue weighted by Crippen LogP contribution is -2.12. The number of anilines is 1. The predicted molar refractivity (Wildman–Crippen MR) is 123 cm³/mol. The summed E-state index contributed by atoms with van der Waals surface area (Å²) in [4.78, 5) is 18.1. The molecule has 0 fully saturated rings. The van der Waals surface area contributed by atoms with Crippen LogP contribution in [0.5, 0.6) is 0 Å². The van der Waals surface area contributed by atoms with Crippen molar-refractivity contribution in [2.24, 2.45) is 0 Å². The highest BCUT2D eigenvalue weighted by Crippen LogP contribution is 2.28. The lowest BCUT2D eigenvalue weighted by atomic mass is 10.2. The maximum atomic E-state index is 12.9. The molecule has 0 saturated carbocycles. The van der Waals surface area contributed by atoms with Crippen molar-refractivity contribution in [3.8, 4) is 16.6 Å². The number of carbonyl (C=O) groups excluding carboxylic acids is 1. The fraction of sp³-hybridized carbons (Fsp3) is 0.0417. The number of benzene rings is 3. The standard InChI is InChI=1S/C24H17N3OS2/c25-15-17-5-7-18(8-6-17)16-30-22-4-2-1-3-21(22)23(28)27-20-11-9-19(10-12-20)24-26-13-14-29-24/h1-14H,16H2,(H,27,28). The first kappa shape index (κ1) is 19.9. The minimum Gasteiger partial charge on any atom is -0.322 e. The summed E-state index contributed by atoms with van der Waals surface area (Å²) in [5.41, 5.74) is 4.16. The number of hydrogen-bond acceptors (Lipinski definition) is 5. The van der Waals surface area contributed by atoms with Crippen molar-refractivity contribution in [2.45, 2.75) is 10.6 Å². The van der Waals surface area contributed by atoms with Crippen LogP contribution >= 0.6 is 23.1 Å². The maximum absolute atomic E-state index is 12.9. The molecule has 0 radical (unpaired) electrons. The van der Waals surface area contributed by atoms with Gasteiger partial charge in [-0.05, 0) is 54.1 Å². The largest absolute Gasteiger partial charge is 0.322 e. The Morgan fingerprint density at radius 3 is 2.50 bits per heavy atom. The SMILES string of the molecule is N#Cc1ccc(CSc2ccccc2C(=O)Nc2ccc(-c3nccs3)cc2)cc1. The zero-order chi connectivity index (χ0) is 20.8. The molecule has 4 nitrogen and oxygen atoms in total. The minimum atomic E-state index is -0.139. The summed E-state index contributed by atoms with van der Waals surface area (Å²) >= 11 is 3.19. The van der Waals surface area contributed by atoms with Gasteiger partial charge in [-0.25, -0.2) is 4.98 Å². The van der Waals surface area contributed by atoms with Crippen LogP contribution < -0.4 is 5.32 Å². The minimum absolute atomic E-state index is 0.139. The Morgan fingerprint density at radius 1 is 1.03 bits per heavy atom. The van der Waals surface area contributed by atoms with Crippen LogP contribution in [0, 0.1) is 11.3 Å². The molecule has 4 rings (SSSR count). The molecule has 0 unspecified atom stereocenters. The molecule has 0 bridgehead atoms. The highest BCUT2D eigenvalue weighted by atomic mass is 32.2. The summed E-state index contributed by atoms with van der Waals surface area (Å²) in [7, 11) is 0. The molecule has 3 aromatic carbocycles. The second-order valence-corrected chi connectivity index (χ2v) is 8.37. The van der Waals surface area contributed by atoms with Gasteiger partial charge < -0.3 is 5.32 Å². The Morgan fingerprint density at radius 2 is 1.80 bits per heavy atom. The van der Waals surface area contributed by atoms with Crippen molar-refractivity contribution < 1.29 is 4.79 Å². The van der Waals surface area contributed by atoms with Gasteiger partial charge in [-0.1, -0.05) is 24.3 Å². The third-order valence-corrected chi connectivity index (χ3v) is 6.40. The lowest BCUT2D eigenvalue weighted by Gasteiger charge is -2.10. The van der Waals surface area contributed by atoms with Crippen LogP contribution in [0.15, 0.2) is 89.3 Å². The molecule has 0 spiro atoms. The van der Waals surface area contributed by atoms with E-state index in [1.807, 2.05) is 78.2 Å². The van der Waals surface area contributed by atoms with E-state index in [1.165, 1.54) is 0 Å². The van der Waals surface area contributed by atoms with Gasteiger partial charge >= 0.3 is 0 Å². The molecule has 4 aromatic rings. The molecule has 0 aliphatic heterocycles. The van der Waals surface area contributed by atoms with Gasteiger partial charge in [-0.3, -0.25) is 4.79 Å². The smallest absolute Gasteiger partial charge is 0.256 e. The quantitative estimate of drug-likeness (QED) is 0.371. The molecule has 6 heteroatoms. The molecular formula is C24H17N3OS2. The summed E-state index contributed by atoms with van der Waals surface area (Å²) in [6.07, 6.45) is 1.78. The molecular weight excluding hydrogens is 410 g/mol. The second kappa shape index (κ2) is 9.40. The Balaban J connectivity index is 1.44. The van der Waals surface area contributed by atoms with E-state index in [4.69, 9.17) is 5.26 Å². The molecule has 1 heterocycles. The molecule has 1 aromatic heterocycles. The van der Waals surface area contributed by atoms with Crippen molar-refractivity contribution in [2.75, 3.05) is 5.32 Å². The first-order chi connectivity index (χ1) is 14.7. The number of aromatic nitrogens is 1. The van der Waals surface area contributed by atoms with Crippen molar-refractivity contribution in [1.82, 2.24) is 4.98 Å². The van der Waals surface area contributed by atoms with Crippen LogP contribution in [-0.4, -0.2) is 10.9 Å². The first-order valence-corrected chi connectivity index (χ1v) is 11.1. The number of nitrogens with one attached hydrogen (secondary N) is 1. The second-order valence-electron chi connectivity index (χ2n) is 6.46. The van der Waals surface area contributed by atoms with E-state index in [9.17, 15) is 4.79 Å². The van der Waals surface area contributed by atoms with Crippen LogP contribution in [0.2, 0.25) is 0 Å². The number of hydrogen-bond donors (Lipinski definition) is 1. The van der Waals surface area contributed by atoms with Crippen molar-refractivity contribution in [3.63, 3.8) is 0 Å². The average Bonchev–Trinajstić information content (AvgIpc) is 3.34. The van der Waals surface area contributed by atoms with E-state index in [0.29, 0.717) is 11.1 Å². The van der Waals surface area contributed by atoms with Gasteiger partial charge in [0.15, 0.2) is 0 Å². The molecule has 0 saturated heterocycles. The highest BCUT2D eigenvalue weighted by Gasteiger charge is 2.12. The van der Waals surface area contributed by atoms with Crippen LogP contribution in [0.4, 0.5) is 5.69 Å². The van der Waals surface area contributed by atoms with E-state index in [2.05, 4.69) is 16.4 Å². The number of nitriles is 1. The predicted octanol–water partition coefficient (Wildman–Crippen LogP) is 6.23. The van der Waals surface area contributed by atoms with Gasteiger partial charge in [0.25, 0.3) is 5.91 Å². The summed E-state index contributed by atoms with van der Waals surface area (Å²) in [5, 5.41) is 14.8. The van der Waals surface area contributed by atoms with Gasteiger partial charge in [-0.2, -0.15) is 5.26 Å². The summed E-state index contributed by atoms with van der Waals surface area (Å²) < 4.78 is 0. The van der Waals surface area contributed by atoms with Gasteiger partial charge in [0, 0.05) is 33.5 Å². The Hall–Kier alpha value is -3.40. The number of rotatable bonds is 6. The maximum Gasteiger partial charge on any atom is 0.256 e. The molecule has 30 heavy (non-hydrogen) atoms. The van der Waals surface area contributed by atoms with Crippen molar-refractivity contribution in [3.05, 3.63) is 101 Å². The fourth-order valence-corrected chi connectivity index (χ4v) is 4.53. The van der Waals surface area contributed by atoms with E-state index >= 15 is 0 Å². The highest BCUT2D eigenvalue weighted by molar-refractivity contribution is 7.98. The topological polar surface area (TPSA) is 65.8 Å². The summed E-state index contributed by atoms with van der Waals surface area (Å²) in [5.74, 6) is 0.582. The monoisotopic (exact) mass is 427 g/mol. The van der Waals surface area contributed by atoms with Crippen molar-refractivity contribution >= 4 is 34.7 Å². The number of amides is 1. The number of thioether (sulfide) groups is 1. The number of carbonyl (C=O) groups is 1. The van der Waals surface area contributed by atoms with E-state index in [1.54, 1.807) is 29.3 Å². The van der Waals surface area contributed by atoms with Gasteiger partial charge in [0.2, 0.25) is 0 Å². The fourth-order valence-electron chi connectivity index (χ4n) is 2.88. The Bertz CT molecular complexity index is 1180. The van der Waals surface area contributed by atoms with Crippen LogP contribution in [-0.2, 0) is 5.75 Å². The number of thiazole rings is 1. The van der Waals surface area contributed by atoms with Crippen molar-refractivity contribution in [1.29, 1.82) is 5.26 Å². The Labute approximate surface area is 183 Å². The average molecular weight is 428 g/mol. The molecule has 1 N–H and O–H groups in total. The number of nitrogens with zero attached hydrogens (tertiary/aromatic N) is 2. The first-order valence-electron chi connectivity index (χ1n) is 9.25. The summed E-state index contributed by atoms with van der Waals surface area (Å²) in [6, 6.07) is 24.9. The molecule has 1 amide bonds. The molecule has 0 atom stereocenters. The normalized spacial score (nSPS) is 10.4. The van der Waals surface area contributed by atoms with E-state index < -0.39 is 0 Å². The zero-order valence-electron chi connectivity index (χ0n) is 15.9. The molecule has 146 valence electrons. The summed E-state index contributed by atoms with van der Waals surface area (Å²) in [6.45, 7) is 0. The third-order valence-electron chi connectivity index (χ3n) is 4.43. The third kappa shape index (κ3) is 4.77. The van der Waals surface area contributed by atoms with Gasteiger partial charge in [0.05, 0.1) is 17.2 Å². The van der Waals surface area contributed by atoms with Gasteiger partial charge in [-0.15, -0.1) is 23.1 Å². The zero-order valence-corrected chi connectivity index (χ0v) is 17.5. The van der Waals surface area contributed by atoms with E-state index in [0.717, 1.165) is 32.5 Å². The lowest BCUT2D eigenvalue weighted by molar-refractivity contribution is 0.102. The van der Waals surface area contributed by atoms with Gasteiger partial charge in [0.1, 0.15) is 5.01 Å². The van der Waals surface area contributed by atoms with Crippen LogP contribution in [0.25, 0.3) is 10.6 Å². The molecule has 0 aliphatic carbocycles. The Kier molecular flexibility index (Phi) is 6.23. The van der Waals surface area contributed by atoms with E-state index in [-0.39, 0.29) is 5.91 Å².